The van der Waals surface area contributed by atoms with Crippen LogP contribution in [0.4, 0.5) is 0 Å². The van der Waals surface area contributed by atoms with Crippen LogP contribution in [0.25, 0.3) is 0 Å². The van der Waals surface area contributed by atoms with E-state index in [1.807, 2.05) is 20.8 Å². The van der Waals surface area contributed by atoms with Crippen molar-refractivity contribution < 1.29 is 13.2 Å². The number of nitrogens with zero attached hydrogens (tertiary/aromatic N) is 3. The summed E-state index contributed by atoms with van der Waals surface area (Å²) in [5, 5.41) is 9.56. The van der Waals surface area contributed by atoms with Gasteiger partial charge in [0.2, 0.25) is 5.91 Å². The highest BCUT2D eigenvalue weighted by Gasteiger charge is 2.32. The molecule has 1 aliphatic rings. The fraction of sp³-hybridized carbons (Fsp3) is 0.286. The summed E-state index contributed by atoms with van der Waals surface area (Å²) in [6.07, 6.45) is 1.57. The van der Waals surface area contributed by atoms with Gasteiger partial charge in [0.15, 0.2) is 5.84 Å². The molecule has 164 valence electrons. The van der Waals surface area contributed by atoms with Crippen LogP contribution in [-0.2, 0) is 14.8 Å². The maximum atomic E-state index is 12.5. The molecule has 0 spiro atoms. The van der Waals surface area contributed by atoms with E-state index < -0.39 is 10.0 Å². The van der Waals surface area contributed by atoms with Gasteiger partial charge in [-0.15, -0.1) is 4.40 Å². The Balaban J connectivity index is 1.93. The number of fused-ring (bicyclic) bond motifs is 1. The highest BCUT2D eigenvalue weighted by atomic mass is 35.5. The van der Waals surface area contributed by atoms with Crippen LogP contribution in [0.2, 0.25) is 10.0 Å². The van der Waals surface area contributed by atoms with Gasteiger partial charge in [0.25, 0.3) is 10.0 Å². The predicted molar refractivity (Wildman–Crippen MR) is 123 cm³/mol. The molecule has 0 aliphatic carbocycles. The molecule has 3 rings (SSSR count). The Labute approximate surface area is 191 Å². The van der Waals surface area contributed by atoms with Crippen LogP contribution < -0.4 is 5.32 Å². The SMILES string of the molecule is CC(C)(C)NC(=O)CCN(N=Cc1ccc(Cl)cc1Cl)C1=NS(=O)(=O)c2ccccc21. The smallest absolute Gasteiger partial charge is 0.285 e. The molecule has 1 amide bonds. The summed E-state index contributed by atoms with van der Waals surface area (Å²) in [5.41, 5.74) is 0.631. The van der Waals surface area contributed by atoms with Gasteiger partial charge in [-0.1, -0.05) is 41.4 Å². The summed E-state index contributed by atoms with van der Waals surface area (Å²) in [7, 11) is -3.84. The number of benzene rings is 2. The third-order valence-electron chi connectivity index (χ3n) is 4.22. The number of hydrazone groups is 1. The quantitative estimate of drug-likeness (QED) is 0.515. The first-order chi connectivity index (χ1) is 14.5. The van der Waals surface area contributed by atoms with E-state index in [2.05, 4.69) is 14.8 Å². The number of carbonyl (C=O) groups is 1. The number of hydrogen-bond donors (Lipinski definition) is 1. The molecule has 0 saturated carbocycles. The van der Waals surface area contributed by atoms with E-state index >= 15 is 0 Å². The monoisotopic (exact) mass is 480 g/mol. The lowest BCUT2D eigenvalue weighted by atomic mass is 10.1. The van der Waals surface area contributed by atoms with Gasteiger partial charge in [-0.25, -0.2) is 5.01 Å². The normalized spacial score (nSPS) is 14.9. The zero-order chi connectivity index (χ0) is 22.8. The van der Waals surface area contributed by atoms with Crippen molar-refractivity contribution in [3.05, 3.63) is 63.6 Å². The van der Waals surface area contributed by atoms with Gasteiger partial charge >= 0.3 is 0 Å². The number of carbonyl (C=O) groups excluding carboxylic acids is 1. The topological polar surface area (TPSA) is 91.2 Å². The predicted octanol–water partition coefficient (Wildman–Crippen LogP) is 4.08. The Bertz CT molecular complexity index is 1170. The first kappa shape index (κ1) is 23.2. The molecule has 2 aromatic rings. The van der Waals surface area contributed by atoms with Crippen LogP contribution >= 0.6 is 23.2 Å². The van der Waals surface area contributed by atoms with Gasteiger partial charge in [-0.3, -0.25) is 4.79 Å². The lowest BCUT2D eigenvalue weighted by Crippen LogP contribution is -2.42. The molecule has 0 atom stereocenters. The van der Waals surface area contributed by atoms with Crippen molar-refractivity contribution >= 4 is 51.2 Å². The zero-order valence-corrected chi connectivity index (χ0v) is 19.6. The maximum Gasteiger partial charge on any atom is 0.285 e. The molecule has 1 heterocycles. The highest BCUT2D eigenvalue weighted by molar-refractivity contribution is 7.90. The van der Waals surface area contributed by atoms with E-state index in [0.717, 1.165) is 0 Å². The number of amides is 1. The van der Waals surface area contributed by atoms with Gasteiger partial charge < -0.3 is 5.32 Å². The van der Waals surface area contributed by atoms with Gasteiger partial charge in [0.1, 0.15) is 4.90 Å². The van der Waals surface area contributed by atoms with E-state index in [-0.39, 0.29) is 35.1 Å². The third kappa shape index (κ3) is 5.84. The maximum absolute atomic E-state index is 12.5. The first-order valence-electron chi connectivity index (χ1n) is 9.48. The molecule has 1 aliphatic heterocycles. The second-order valence-corrected chi connectivity index (χ2v) is 10.4. The van der Waals surface area contributed by atoms with Crippen molar-refractivity contribution in [2.45, 2.75) is 37.6 Å². The molecule has 0 radical (unpaired) electrons. The average molecular weight is 481 g/mol. The van der Waals surface area contributed by atoms with Crippen LogP contribution in [0.15, 0.2) is 56.9 Å². The van der Waals surface area contributed by atoms with Crippen molar-refractivity contribution in [2.75, 3.05) is 6.54 Å². The van der Waals surface area contributed by atoms with Crippen LogP contribution in [0.1, 0.15) is 38.3 Å². The molecule has 2 aromatic carbocycles. The number of amidine groups is 1. The molecule has 0 bridgehead atoms. The van der Waals surface area contributed by atoms with E-state index in [9.17, 15) is 13.2 Å². The summed E-state index contributed by atoms with van der Waals surface area (Å²) >= 11 is 12.2. The van der Waals surface area contributed by atoms with E-state index in [0.29, 0.717) is 21.2 Å². The lowest BCUT2D eigenvalue weighted by Gasteiger charge is -2.22. The van der Waals surface area contributed by atoms with Crippen molar-refractivity contribution in [3.8, 4) is 0 Å². The number of rotatable bonds is 5. The van der Waals surface area contributed by atoms with E-state index in [1.54, 1.807) is 36.4 Å². The Morgan fingerprint density at radius 3 is 2.58 bits per heavy atom. The van der Waals surface area contributed by atoms with Gasteiger partial charge in [0, 0.05) is 28.1 Å². The summed E-state index contributed by atoms with van der Waals surface area (Å²) in [6.45, 7) is 5.76. The van der Waals surface area contributed by atoms with Crippen LogP contribution in [-0.4, -0.2) is 43.5 Å². The average Bonchev–Trinajstić information content (AvgIpc) is 2.93. The Morgan fingerprint density at radius 2 is 1.90 bits per heavy atom. The molecule has 7 nitrogen and oxygen atoms in total. The van der Waals surface area contributed by atoms with Gasteiger partial charge in [-0.05, 0) is 45.0 Å². The van der Waals surface area contributed by atoms with Crippen molar-refractivity contribution in [2.24, 2.45) is 9.50 Å². The second-order valence-electron chi connectivity index (χ2n) is 7.97. The number of halogens is 2. The molecule has 0 saturated heterocycles. The summed E-state index contributed by atoms with van der Waals surface area (Å²) in [4.78, 5) is 12.4. The molecule has 0 fully saturated rings. The molecule has 1 N–H and O–H groups in total. The highest BCUT2D eigenvalue weighted by Crippen LogP contribution is 2.28. The number of nitrogens with one attached hydrogen (secondary N) is 1. The minimum atomic E-state index is -3.84. The van der Waals surface area contributed by atoms with Crippen LogP contribution in [0.3, 0.4) is 0 Å². The molecular weight excluding hydrogens is 459 g/mol. The fourth-order valence-electron chi connectivity index (χ4n) is 2.92. The van der Waals surface area contributed by atoms with Crippen molar-refractivity contribution in [3.63, 3.8) is 0 Å². The van der Waals surface area contributed by atoms with Gasteiger partial charge in [-0.2, -0.15) is 13.5 Å². The number of sulfonamides is 1. The molecule has 10 heteroatoms. The Hall–Kier alpha value is -2.42. The molecule has 0 aromatic heterocycles. The standard InChI is InChI=1S/C21H22Cl2N4O3S/c1-21(2,3)25-19(28)10-11-27(24-13-14-8-9-15(22)12-17(14)23)20-16-6-4-5-7-18(16)31(29,30)26-20/h4-9,12-13H,10-11H2,1-3H3,(H,25,28). The van der Waals surface area contributed by atoms with Crippen LogP contribution in [0, 0.1) is 0 Å². The van der Waals surface area contributed by atoms with Gasteiger partial charge in [0.05, 0.1) is 17.8 Å². The fourth-order valence-corrected chi connectivity index (χ4v) is 4.58. The Kier molecular flexibility index (Phi) is 6.73. The number of hydrogen-bond acceptors (Lipinski definition) is 5. The van der Waals surface area contributed by atoms with E-state index in [1.165, 1.54) is 17.3 Å². The lowest BCUT2D eigenvalue weighted by molar-refractivity contribution is -0.122. The second kappa shape index (κ2) is 8.98. The molecular formula is C21H22Cl2N4O3S. The summed E-state index contributed by atoms with van der Waals surface area (Å²) < 4.78 is 28.9. The van der Waals surface area contributed by atoms with Crippen molar-refractivity contribution in [1.82, 2.24) is 10.3 Å². The zero-order valence-electron chi connectivity index (χ0n) is 17.3. The largest absolute Gasteiger partial charge is 0.351 e. The summed E-state index contributed by atoms with van der Waals surface area (Å²) in [6, 6.07) is 11.4. The Morgan fingerprint density at radius 1 is 1.19 bits per heavy atom. The molecule has 0 unspecified atom stereocenters. The minimum Gasteiger partial charge on any atom is -0.351 e. The van der Waals surface area contributed by atoms with Crippen LogP contribution in [0.5, 0.6) is 0 Å². The summed E-state index contributed by atoms with van der Waals surface area (Å²) in [5.74, 6) is -0.0348. The van der Waals surface area contributed by atoms with E-state index in [4.69, 9.17) is 23.2 Å². The third-order valence-corrected chi connectivity index (χ3v) is 6.11. The molecule has 31 heavy (non-hydrogen) atoms. The van der Waals surface area contributed by atoms with Crippen molar-refractivity contribution in [1.29, 1.82) is 0 Å². The minimum absolute atomic E-state index is 0.0875. The first-order valence-corrected chi connectivity index (χ1v) is 11.7.